The van der Waals surface area contributed by atoms with Crippen molar-refractivity contribution in [2.75, 3.05) is 13.1 Å². The van der Waals surface area contributed by atoms with Crippen LogP contribution in [0.5, 0.6) is 0 Å². The monoisotopic (exact) mass is 409 g/mol. The minimum Gasteiger partial charge on any atom is -0.353 e. The first-order valence-corrected chi connectivity index (χ1v) is 11.6. The molecule has 3 aliphatic rings. The fourth-order valence-corrected chi connectivity index (χ4v) is 5.41. The van der Waals surface area contributed by atoms with Gasteiger partial charge in [-0.2, -0.15) is 0 Å². The van der Waals surface area contributed by atoms with E-state index in [0.717, 1.165) is 49.6 Å². The van der Waals surface area contributed by atoms with E-state index in [1.807, 2.05) is 27.8 Å². The van der Waals surface area contributed by atoms with Gasteiger partial charge in [-0.1, -0.05) is 30.9 Å². The smallest absolute Gasteiger partial charge is 0.253 e. The van der Waals surface area contributed by atoms with Crippen LogP contribution in [0.15, 0.2) is 18.2 Å². The van der Waals surface area contributed by atoms with Crippen molar-refractivity contribution in [1.82, 2.24) is 25.2 Å². The normalized spacial score (nSPS) is 21.5. The van der Waals surface area contributed by atoms with E-state index in [2.05, 4.69) is 15.6 Å². The molecule has 2 amide bonds. The largest absolute Gasteiger partial charge is 0.353 e. The molecule has 5 rings (SSSR count). The first-order valence-electron chi connectivity index (χ1n) is 11.6. The first-order chi connectivity index (χ1) is 14.7. The number of rotatable bonds is 4. The van der Waals surface area contributed by atoms with E-state index in [1.54, 1.807) is 0 Å². The predicted octanol–water partition coefficient (Wildman–Crippen LogP) is 3.46. The molecule has 1 aromatic carbocycles. The number of hydrogen-bond donors (Lipinski definition) is 1. The summed E-state index contributed by atoms with van der Waals surface area (Å²) in [7, 11) is 0. The third-order valence-electron chi connectivity index (χ3n) is 7.24. The molecule has 0 radical (unpaired) electrons. The second kappa shape index (κ2) is 8.36. The van der Waals surface area contributed by atoms with Crippen LogP contribution in [-0.4, -0.2) is 50.8 Å². The standard InChI is InChI=1S/C23H31N5O2/c29-22(24-18-5-1-2-6-18)16-11-13-27(14-12-16)23(30)17-9-10-21-20(15-17)25-26-28(21)19-7-3-4-8-19/h9-10,15-16,18-19H,1-8,11-14H2,(H,24,29). The molecular weight excluding hydrogens is 378 g/mol. The number of aromatic nitrogens is 3. The molecule has 160 valence electrons. The van der Waals surface area contributed by atoms with Crippen LogP contribution in [0.3, 0.4) is 0 Å². The molecule has 7 nitrogen and oxygen atoms in total. The Morgan fingerprint density at radius 2 is 1.63 bits per heavy atom. The average Bonchev–Trinajstić information content (AvgIpc) is 3.54. The molecule has 3 fully saturated rings. The molecule has 2 heterocycles. The Morgan fingerprint density at radius 1 is 0.933 bits per heavy atom. The summed E-state index contributed by atoms with van der Waals surface area (Å²) in [5.74, 6) is 0.240. The van der Waals surface area contributed by atoms with Crippen molar-refractivity contribution in [3.05, 3.63) is 23.8 Å². The van der Waals surface area contributed by atoms with Crippen molar-refractivity contribution in [1.29, 1.82) is 0 Å². The third kappa shape index (κ3) is 3.82. The SMILES string of the molecule is O=C(NC1CCCC1)C1CCN(C(=O)c2ccc3c(c2)nnn3C2CCCC2)CC1. The number of carbonyl (C=O) groups is 2. The van der Waals surface area contributed by atoms with Crippen LogP contribution < -0.4 is 5.32 Å². The van der Waals surface area contributed by atoms with Gasteiger partial charge in [0.2, 0.25) is 5.91 Å². The molecular formula is C23H31N5O2. The van der Waals surface area contributed by atoms with E-state index in [0.29, 0.717) is 30.7 Å². The molecule has 2 aromatic rings. The Bertz CT molecular complexity index is 919. The molecule has 2 aliphatic carbocycles. The maximum Gasteiger partial charge on any atom is 0.253 e. The van der Waals surface area contributed by atoms with E-state index in [1.165, 1.54) is 25.7 Å². The zero-order valence-corrected chi connectivity index (χ0v) is 17.6. The number of likely N-dealkylation sites (tertiary alicyclic amines) is 1. The average molecular weight is 410 g/mol. The Balaban J connectivity index is 1.21. The topological polar surface area (TPSA) is 80.1 Å². The highest BCUT2D eigenvalue weighted by molar-refractivity contribution is 5.97. The van der Waals surface area contributed by atoms with Gasteiger partial charge in [0.05, 0.1) is 11.6 Å². The second-order valence-corrected chi connectivity index (χ2v) is 9.23. The van der Waals surface area contributed by atoms with Crippen LogP contribution in [0, 0.1) is 5.92 Å². The van der Waals surface area contributed by atoms with Crippen molar-refractivity contribution in [3.8, 4) is 0 Å². The van der Waals surface area contributed by atoms with Gasteiger partial charge in [0.25, 0.3) is 5.91 Å². The van der Waals surface area contributed by atoms with Gasteiger partial charge in [0, 0.05) is 30.6 Å². The van der Waals surface area contributed by atoms with Gasteiger partial charge in [-0.3, -0.25) is 9.59 Å². The van der Waals surface area contributed by atoms with Crippen molar-refractivity contribution < 1.29 is 9.59 Å². The molecule has 30 heavy (non-hydrogen) atoms. The summed E-state index contributed by atoms with van der Waals surface area (Å²) >= 11 is 0. The lowest BCUT2D eigenvalue weighted by Crippen LogP contribution is -2.44. The summed E-state index contributed by atoms with van der Waals surface area (Å²) in [5.41, 5.74) is 2.47. The van der Waals surface area contributed by atoms with Gasteiger partial charge in [0.1, 0.15) is 5.52 Å². The Kier molecular flexibility index (Phi) is 5.44. The molecule has 1 saturated heterocycles. The molecule has 0 atom stereocenters. The highest BCUT2D eigenvalue weighted by Gasteiger charge is 2.30. The zero-order valence-electron chi connectivity index (χ0n) is 17.6. The van der Waals surface area contributed by atoms with Crippen molar-refractivity contribution in [2.24, 2.45) is 5.92 Å². The summed E-state index contributed by atoms with van der Waals surface area (Å²) in [6, 6.07) is 6.56. The Labute approximate surface area is 177 Å². The lowest BCUT2D eigenvalue weighted by molar-refractivity contribution is -0.127. The number of carbonyl (C=O) groups excluding carboxylic acids is 2. The lowest BCUT2D eigenvalue weighted by Gasteiger charge is -2.32. The highest BCUT2D eigenvalue weighted by Crippen LogP contribution is 2.31. The maximum atomic E-state index is 13.0. The maximum absolute atomic E-state index is 13.0. The van der Waals surface area contributed by atoms with Gasteiger partial charge in [-0.15, -0.1) is 5.10 Å². The van der Waals surface area contributed by atoms with Crippen LogP contribution in [0.4, 0.5) is 0 Å². The van der Waals surface area contributed by atoms with Crippen LogP contribution in [0.25, 0.3) is 11.0 Å². The summed E-state index contributed by atoms with van der Waals surface area (Å²) < 4.78 is 2.03. The summed E-state index contributed by atoms with van der Waals surface area (Å²) in [6.07, 6.45) is 10.9. The molecule has 7 heteroatoms. The van der Waals surface area contributed by atoms with Gasteiger partial charge in [-0.25, -0.2) is 4.68 Å². The van der Waals surface area contributed by atoms with Gasteiger partial charge in [-0.05, 0) is 56.7 Å². The predicted molar refractivity (Wildman–Crippen MR) is 114 cm³/mol. The number of nitrogens with zero attached hydrogens (tertiary/aromatic N) is 4. The quantitative estimate of drug-likeness (QED) is 0.839. The van der Waals surface area contributed by atoms with Crippen LogP contribution >= 0.6 is 0 Å². The van der Waals surface area contributed by atoms with E-state index >= 15 is 0 Å². The molecule has 2 saturated carbocycles. The summed E-state index contributed by atoms with van der Waals surface area (Å²) in [6.45, 7) is 1.27. The second-order valence-electron chi connectivity index (χ2n) is 9.23. The van der Waals surface area contributed by atoms with Crippen LogP contribution in [-0.2, 0) is 4.79 Å². The molecule has 1 aromatic heterocycles. The number of amides is 2. The number of hydrogen-bond acceptors (Lipinski definition) is 4. The van der Waals surface area contributed by atoms with E-state index in [9.17, 15) is 9.59 Å². The summed E-state index contributed by atoms with van der Waals surface area (Å²) in [4.78, 5) is 27.4. The zero-order chi connectivity index (χ0) is 20.5. The van der Waals surface area contributed by atoms with Gasteiger partial charge < -0.3 is 10.2 Å². The first kappa shape index (κ1) is 19.5. The Morgan fingerprint density at radius 3 is 2.37 bits per heavy atom. The third-order valence-corrected chi connectivity index (χ3v) is 7.24. The molecule has 0 unspecified atom stereocenters. The fourth-order valence-electron chi connectivity index (χ4n) is 5.41. The number of benzene rings is 1. The minimum absolute atomic E-state index is 0.0296. The lowest BCUT2D eigenvalue weighted by atomic mass is 9.95. The highest BCUT2D eigenvalue weighted by atomic mass is 16.2. The van der Waals surface area contributed by atoms with Crippen molar-refractivity contribution in [2.45, 2.75) is 76.3 Å². The minimum atomic E-state index is 0.0296. The Hall–Kier alpha value is -2.44. The molecule has 1 N–H and O–H groups in total. The number of fused-ring (bicyclic) bond motifs is 1. The van der Waals surface area contributed by atoms with Crippen LogP contribution in [0.1, 0.15) is 80.6 Å². The molecule has 0 bridgehead atoms. The number of nitrogens with one attached hydrogen (secondary N) is 1. The van der Waals surface area contributed by atoms with Crippen LogP contribution in [0.2, 0.25) is 0 Å². The number of piperidine rings is 1. The van der Waals surface area contributed by atoms with Crippen molar-refractivity contribution in [3.63, 3.8) is 0 Å². The molecule has 1 aliphatic heterocycles. The van der Waals surface area contributed by atoms with Crippen molar-refractivity contribution >= 4 is 22.8 Å². The van der Waals surface area contributed by atoms with E-state index in [-0.39, 0.29) is 17.7 Å². The van der Waals surface area contributed by atoms with Gasteiger partial charge >= 0.3 is 0 Å². The van der Waals surface area contributed by atoms with E-state index in [4.69, 9.17) is 0 Å². The van der Waals surface area contributed by atoms with Gasteiger partial charge in [0.15, 0.2) is 0 Å². The van der Waals surface area contributed by atoms with E-state index < -0.39 is 0 Å². The molecule has 0 spiro atoms. The fraction of sp³-hybridized carbons (Fsp3) is 0.652. The summed E-state index contributed by atoms with van der Waals surface area (Å²) in [5, 5.41) is 11.9.